The van der Waals surface area contributed by atoms with Crippen LogP contribution in [0.1, 0.15) is 17.0 Å². The van der Waals surface area contributed by atoms with Crippen LogP contribution in [-0.4, -0.2) is 23.2 Å². The van der Waals surface area contributed by atoms with Gasteiger partial charge in [-0.25, -0.2) is 13.1 Å². The molecule has 0 fully saturated rings. The van der Waals surface area contributed by atoms with Gasteiger partial charge in [0.15, 0.2) is 11.0 Å². The minimum atomic E-state index is -3.72. The molecule has 0 aliphatic carbocycles. The molecule has 4 rings (SSSR count). The fourth-order valence-electron chi connectivity index (χ4n) is 3.15. The maximum atomic E-state index is 12.8. The van der Waals surface area contributed by atoms with Gasteiger partial charge in [0.05, 0.1) is 17.1 Å². The number of rotatable bonds is 8. The van der Waals surface area contributed by atoms with Crippen LogP contribution in [0.15, 0.2) is 87.3 Å². The zero-order chi connectivity index (χ0) is 23.4. The van der Waals surface area contributed by atoms with Gasteiger partial charge in [-0.15, -0.1) is 10.2 Å². The topological polar surface area (TPSA) is 76.9 Å². The van der Waals surface area contributed by atoms with E-state index in [1.54, 1.807) is 24.3 Å². The Morgan fingerprint density at radius 1 is 1.03 bits per heavy atom. The van der Waals surface area contributed by atoms with Gasteiger partial charge in [0.1, 0.15) is 0 Å². The van der Waals surface area contributed by atoms with Crippen molar-refractivity contribution in [2.24, 2.45) is 0 Å². The lowest BCUT2D eigenvalue weighted by Gasteiger charge is -2.14. The molecule has 0 spiro atoms. The Hall–Kier alpha value is -2.17. The van der Waals surface area contributed by atoms with Crippen LogP contribution in [0, 0.1) is 6.92 Å². The van der Waals surface area contributed by atoms with Crippen molar-refractivity contribution in [2.45, 2.75) is 29.3 Å². The summed E-state index contributed by atoms with van der Waals surface area (Å²) >= 11 is 11.1. The van der Waals surface area contributed by atoms with Crippen molar-refractivity contribution in [1.29, 1.82) is 0 Å². The number of nitrogens with zero attached hydrogens (tertiary/aromatic N) is 3. The summed E-state index contributed by atoms with van der Waals surface area (Å²) in [4.78, 5) is 0.175. The van der Waals surface area contributed by atoms with E-state index in [-0.39, 0.29) is 11.4 Å². The molecule has 0 radical (unpaired) electrons. The minimum absolute atomic E-state index is 0.0246. The van der Waals surface area contributed by atoms with Crippen LogP contribution < -0.4 is 4.72 Å². The molecule has 33 heavy (non-hydrogen) atoms. The molecule has 0 saturated heterocycles. The number of hydrogen-bond donors (Lipinski definition) is 1. The van der Waals surface area contributed by atoms with Gasteiger partial charge in [-0.2, -0.15) is 0 Å². The Balaban J connectivity index is 1.65. The van der Waals surface area contributed by atoms with Gasteiger partial charge in [0.2, 0.25) is 10.0 Å². The Morgan fingerprint density at radius 2 is 1.76 bits per heavy atom. The quantitative estimate of drug-likeness (QED) is 0.276. The Bertz CT molecular complexity index is 1360. The number of halogens is 2. The monoisotopic (exact) mass is 562 g/mol. The number of hydrogen-bond acceptors (Lipinski definition) is 5. The molecule has 0 aliphatic heterocycles. The molecular weight excluding hydrogens is 544 g/mol. The van der Waals surface area contributed by atoms with Gasteiger partial charge in [0, 0.05) is 15.2 Å². The van der Waals surface area contributed by atoms with Gasteiger partial charge in [-0.05, 0) is 54.4 Å². The highest BCUT2D eigenvalue weighted by molar-refractivity contribution is 9.10. The molecule has 0 atom stereocenters. The van der Waals surface area contributed by atoms with Crippen molar-refractivity contribution in [3.8, 4) is 5.69 Å². The third-order valence-electron chi connectivity index (χ3n) is 4.87. The van der Waals surface area contributed by atoms with Gasteiger partial charge < -0.3 is 0 Å². The van der Waals surface area contributed by atoms with E-state index >= 15 is 0 Å². The fourth-order valence-corrected chi connectivity index (χ4v) is 5.48. The molecule has 1 heterocycles. The van der Waals surface area contributed by atoms with Gasteiger partial charge in [0.25, 0.3) is 0 Å². The Morgan fingerprint density at radius 3 is 2.48 bits per heavy atom. The van der Waals surface area contributed by atoms with Crippen molar-refractivity contribution >= 4 is 49.3 Å². The molecule has 4 aromatic rings. The predicted octanol–water partition coefficient (Wildman–Crippen LogP) is 5.76. The number of sulfonamides is 1. The van der Waals surface area contributed by atoms with Crippen molar-refractivity contribution in [1.82, 2.24) is 19.5 Å². The number of aryl methyl sites for hydroxylation is 1. The van der Waals surface area contributed by atoms with E-state index in [2.05, 4.69) is 30.8 Å². The van der Waals surface area contributed by atoms with Gasteiger partial charge in [-0.1, -0.05) is 75.7 Å². The molecule has 1 N–H and O–H groups in total. The smallest absolute Gasteiger partial charge is 0.240 e. The molecule has 0 unspecified atom stereocenters. The maximum Gasteiger partial charge on any atom is 0.240 e. The highest BCUT2D eigenvalue weighted by Crippen LogP contribution is 2.28. The molecule has 0 bridgehead atoms. The van der Waals surface area contributed by atoms with Crippen molar-refractivity contribution in [2.75, 3.05) is 0 Å². The Kier molecular flexibility index (Phi) is 7.55. The second-order valence-corrected chi connectivity index (χ2v) is 11.3. The predicted molar refractivity (Wildman–Crippen MR) is 135 cm³/mol. The van der Waals surface area contributed by atoms with Crippen molar-refractivity contribution in [3.05, 3.63) is 99.2 Å². The van der Waals surface area contributed by atoms with E-state index in [1.165, 1.54) is 11.8 Å². The fraction of sp³-hybridized carbons (Fsp3) is 0.130. The highest BCUT2D eigenvalue weighted by atomic mass is 79.9. The molecular formula is C23H20BrClN4O2S2. The second kappa shape index (κ2) is 10.4. The normalized spacial score (nSPS) is 11.6. The molecule has 3 aromatic carbocycles. The lowest BCUT2D eigenvalue weighted by molar-refractivity contribution is 0.578. The zero-order valence-corrected chi connectivity index (χ0v) is 21.5. The van der Waals surface area contributed by atoms with Crippen molar-refractivity contribution < 1.29 is 8.42 Å². The number of nitrogens with one attached hydrogen (secondary N) is 1. The van der Waals surface area contributed by atoms with Crippen LogP contribution in [-0.2, 0) is 22.3 Å². The first-order valence-corrected chi connectivity index (χ1v) is 13.6. The summed E-state index contributed by atoms with van der Waals surface area (Å²) < 4.78 is 30.9. The van der Waals surface area contributed by atoms with E-state index in [9.17, 15) is 8.42 Å². The lowest BCUT2D eigenvalue weighted by Crippen LogP contribution is -2.25. The first kappa shape index (κ1) is 24.0. The highest BCUT2D eigenvalue weighted by Gasteiger charge is 2.20. The number of aromatic nitrogens is 3. The third kappa shape index (κ3) is 5.85. The van der Waals surface area contributed by atoms with E-state index in [0.29, 0.717) is 21.8 Å². The van der Waals surface area contributed by atoms with Crippen LogP contribution in [0.3, 0.4) is 0 Å². The van der Waals surface area contributed by atoms with E-state index in [4.69, 9.17) is 11.6 Å². The molecule has 1 aromatic heterocycles. The first-order valence-electron chi connectivity index (χ1n) is 9.96. The lowest BCUT2D eigenvalue weighted by atomic mass is 10.2. The largest absolute Gasteiger partial charge is 0.273 e. The minimum Gasteiger partial charge on any atom is -0.273 e. The number of benzene rings is 3. The first-order chi connectivity index (χ1) is 15.8. The summed E-state index contributed by atoms with van der Waals surface area (Å²) in [6, 6.07) is 22.1. The number of thioether (sulfide) groups is 1. The van der Waals surface area contributed by atoms with Crippen LogP contribution in [0.2, 0.25) is 5.02 Å². The van der Waals surface area contributed by atoms with Crippen LogP contribution >= 0.6 is 39.3 Å². The molecule has 10 heteroatoms. The maximum absolute atomic E-state index is 12.8. The summed E-state index contributed by atoms with van der Waals surface area (Å²) in [5.74, 6) is 1.17. The molecule has 0 saturated carbocycles. The third-order valence-corrected chi connectivity index (χ3v) is 8.05. The zero-order valence-electron chi connectivity index (χ0n) is 17.6. The second-order valence-electron chi connectivity index (χ2n) is 7.22. The summed E-state index contributed by atoms with van der Waals surface area (Å²) in [6.45, 7) is 1.94. The SMILES string of the molecule is Cc1ccc(Cl)cc1-n1c(CNS(=O)(=O)c2ccc(Br)cc2)nnc1SCc1ccccc1. The van der Waals surface area contributed by atoms with Gasteiger partial charge >= 0.3 is 0 Å². The van der Waals surface area contributed by atoms with Crippen LogP contribution in [0.5, 0.6) is 0 Å². The molecule has 0 amide bonds. The summed E-state index contributed by atoms with van der Waals surface area (Å²) in [7, 11) is -3.72. The van der Waals surface area contributed by atoms with Crippen molar-refractivity contribution in [3.63, 3.8) is 0 Å². The van der Waals surface area contributed by atoms with Gasteiger partial charge in [-0.3, -0.25) is 4.57 Å². The average molecular weight is 564 g/mol. The van der Waals surface area contributed by atoms with E-state index in [1.807, 2.05) is 60.0 Å². The molecule has 170 valence electrons. The Labute approximate surface area is 210 Å². The molecule has 6 nitrogen and oxygen atoms in total. The summed E-state index contributed by atoms with van der Waals surface area (Å²) in [5.41, 5.74) is 2.93. The van der Waals surface area contributed by atoms with E-state index in [0.717, 1.165) is 21.3 Å². The summed E-state index contributed by atoms with van der Waals surface area (Å²) in [5, 5.41) is 9.88. The molecule has 0 aliphatic rings. The standard InChI is InChI=1S/C23H20BrClN4O2S2/c1-16-7-10-19(25)13-21(16)29-22(14-26-33(30,31)20-11-8-18(24)9-12-20)27-28-23(29)32-15-17-5-3-2-4-6-17/h2-13,26H,14-15H2,1H3. The van der Waals surface area contributed by atoms with Crippen LogP contribution in [0.4, 0.5) is 0 Å². The van der Waals surface area contributed by atoms with Crippen LogP contribution in [0.25, 0.3) is 5.69 Å². The van der Waals surface area contributed by atoms with E-state index < -0.39 is 10.0 Å². The average Bonchev–Trinajstić information content (AvgIpc) is 3.21. The summed E-state index contributed by atoms with van der Waals surface area (Å²) in [6.07, 6.45) is 0.